The van der Waals surface area contributed by atoms with Crippen molar-refractivity contribution in [3.05, 3.63) is 253 Å². The summed E-state index contributed by atoms with van der Waals surface area (Å²) in [4.78, 5) is 5.49. The fourth-order valence-corrected chi connectivity index (χ4v) is 11.9. The second-order valence-electron chi connectivity index (χ2n) is 17.9. The van der Waals surface area contributed by atoms with Crippen molar-refractivity contribution in [1.29, 1.82) is 0 Å². The molecular weight excluding hydrogens is 801 g/mol. The van der Waals surface area contributed by atoms with E-state index >= 15 is 0 Å². The van der Waals surface area contributed by atoms with Crippen LogP contribution in [0.2, 0.25) is 0 Å². The van der Waals surface area contributed by atoms with E-state index in [1.807, 2.05) is 0 Å². The van der Waals surface area contributed by atoms with Gasteiger partial charge in [-0.05, 0) is 141 Å². The fraction of sp³-hybridized carbons (Fsp3) is 0.0161. The highest BCUT2D eigenvalue weighted by atomic mass is 15.1. The number of benzene rings is 10. The summed E-state index contributed by atoms with van der Waals surface area (Å²) in [5.41, 5.74) is 21.0. The van der Waals surface area contributed by atoms with Crippen LogP contribution in [0.25, 0.3) is 105 Å². The maximum absolute atomic E-state index is 5.49. The summed E-state index contributed by atoms with van der Waals surface area (Å²) in [5, 5.41) is 4.95. The summed E-state index contributed by atoms with van der Waals surface area (Å²) >= 11 is 0. The Kier molecular flexibility index (Phi) is 7.12. The smallest absolute Gasteiger partial charge is 0.134 e. The summed E-state index contributed by atoms with van der Waals surface area (Å²) in [6.45, 7) is 0. The Balaban J connectivity index is 0.943. The normalized spacial score (nSPS) is 13.3. The predicted octanol–water partition coefficient (Wildman–Crippen LogP) is 15.2. The Morgan fingerprint density at radius 2 is 0.742 bits per heavy atom. The van der Waals surface area contributed by atoms with Crippen molar-refractivity contribution in [2.75, 3.05) is 0 Å². The lowest BCUT2D eigenvalue weighted by molar-refractivity contribution is 0.738. The third-order valence-corrected chi connectivity index (χ3v) is 14.6. The molecule has 13 aromatic rings. The molecule has 0 N–H and O–H groups in total. The largest absolute Gasteiger partial charge is 0.309 e. The zero-order chi connectivity index (χ0) is 43.1. The molecule has 4 heterocycles. The van der Waals surface area contributed by atoms with Crippen LogP contribution in [-0.2, 0) is 5.41 Å². The van der Waals surface area contributed by atoms with E-state index < -0.39 is 5.41 Å². The molecule has 1 spiro atoms. The summed E-state index contributed by atoms with van der Waals surface area (Å²) in [6.07, 6.45) is 0. The standard InChI is InChI=1S/C62H38N4/c1-3-15-43(16-4-1)64-55-25-13-9-21-47(55)48-35-39(27-31-56(48)64)40-28-32-57-49(36-40)50-37-41(29-33-58(50)65(57)44-17-5-2-6-18-44)42-30-34-59-53(38-42)62(61-63-54-24-12-14-26-60(54)66(59)61)51-22-10-7-19-45(51)46-20-8-11-23-52(46)62/h1-38H. The molecule has 0 fully saturated rings. The molecule has 1 aliphatic heterocycles. The van der Waals surface area contributed by atoms with E-state index in [-0.39, 0.29) is 0 Å². The van der Waals surface area contributed by atoms with Crippen molar-refractivity contribution >= 4 is 54.6 Å². The minimum Gasteiger partial charge on any atom is -0.309 e. The first kappa shape index (κ1) is 35.7. The fourth-order valence-electron chi connectivity index (χ4n) is 11.9. The number of para-hydroxylation sites is 5. The van der Waals surface area contributed by atoms with Crippen LogP contribution in [0, 0.1) is 0 Å². The summed E-state index contributed by atoms with van der Waals surface area (Å²) in [5.74, 6) is 1.06. The van der Waals surface area contributed by atoms with E-state index in [1.165, 1.54) is 105 Å². The molecule has 66 heavy (non-hydrogen) atoms. The first-order valence-corrected chi connectivity index (χ1v) is 22.8. The molecule has 10 aromatic carbocycles. The second kappa shape index (κ2) is 13.2. The molecular formula is C62H38N4. The van der Waals surface area contributed by atoms with Gasteiger partial charge in [-0.15, -0.1) is 0 Å². The molecule has 306 valence electrons. The number of aromatic nitrogens is 4. The Morgan fingerprint density at radius 1 is 0.303 bits per heavy atom. The molecule has 0 saturated heterocycles. The Labute approximate surface area is 380 Å². The molecule has 4 heteroatoms. The van der Waals surface area contributed by atoms with Crippen LogP contribution in [0.4, 0.5) is 0 Å². The van der Waals surface area contributed by atoms with E-state index in [4.69, 9.17) is 4.98 Å². The molecule has 0 amide bonds. The zero-order valence-corrected chi connectivity index (χ0v) is 35.7. The first-order chi connectivity index (χ1) is 32.7. The third-order valence-electron chi connectivity index (χ3n) is 14.6. The number of nitrogens with zero attached hydrogens (tertiary/aromatic N) is 4. The lowest BCUT2D eigenvalue weighted by atomic mass is 9.72. The van der Waals surface area contributed by atoms with Crippen LogP contribution >= 0.6 is 0 Å². The van der Waals surface area contributed by atoms with Gasteiger partial charge in [-0.2, -0.15) is 0 Å². The molecule has 0 saturated carbocycles. The van der Waals surface area contributed by atoms with Gasteiger partial charge in [0.2, 0.25) is 0 Å². The van der Waals surface area contributed by atoms with Crippen LogP contribution in [0.15, 0.2) is 231 Å². The Morgan fingerprint density at radius 3 is 1.33 bits per heavy atom. The molecule has 0 radical (unpaired) electrons. The topological polar surface area (TPSA) is 27.7 Å². The van der Waals surface area contributed by atoms with Gasteiger partial charge in [0.1, 0.15) is 11.2 Å². The van der Waals surface area contributed by atoms with Gasteiger partial charge in [-0.3, -0.25) is 4.57 Å². The van der Waals surface area contributed by atoms with Crippen molar-refractivity contribution in [1.82, 2.24) is 18.7 Å². The number of fused-ring (bicyclic) bond motifs is 18. The number of rotatable bonds is 4. The van der Waals surface area contributed by atoms with Crippen molar-refractivity contribution < 1.29 is 0 Å². The molecule has 4 nitrogen and oxygen atoms in total. The summed E-state index contributed by atoms with van der Waals surface area (Å²) in [6, 6.07) is 84.9. The van der Waals surface area contributed by atoms with E-state index in [9.17, 15) is 0 Å². The first-order valence-electron chi connectivity index (χ1n) is 22.8. The van der Waals surface area contributed by atoms with Crippen molar-refractivity contribution in [2.45, 2.75) is 5.41 Å². The quantitative estimate of drug-likeness (QED) is 0.173. The average Bonchev–Trinajstić information content (AvgIpc) is 4.17. The highest BCUT2D eigenvalue weighted by molar-refractivity contribution is 6.13. The van der Waals surface area contributed by atoms with Gasteiger partial charge in [0.15, 0.2) is 0 Å². The maximum Gasteiger partial charge on any atom is 0.134 e. The van der Waals surface area contributed by atoms with Gasteiger partial charge in [0.05, 0.1) is 38.8 Å². The molecule has 15 rings (SSSR count). The SMILES string of the molecule is c1ccc(-n2c3ccccc3c3cc(-c4ccc5c(c4)c4cc(-c6ccc7c(c6)C6(c8ccccc8-c8ccccc86)c6nc8ccccc8n6-7)ccc4n5-c4ccccc4)ccc32)cc1. The lowest BCUT2D eigenvalue weighted by Gasteiger charge is -2.27. The molecule has 3 aromatic heterocycles. The van der Waals surface area contributed by atoms with Gasteiger partial charge in [-0.25, -0.2) is 4.98 Å². The Hall–Kier alpha value is -8.73. The van der Waals surface area contributed by atoms with Gasteiger partial charge in [0.25, 0.3) is 0 Å². The predicted molar refractivity (Wildman–Crippen MR) is 271 cm³/mol. The van der Waals surface area contributed by atoms with Gasteiger partial charge < -0.3 is 9.13 Å². The molecule has 0 bridgehead atoms. The van der Waals surface area contributed by atoms with Crippen LogP contribution < -0.4 is 0 Å². The summed E-state index contributed by atoms with van der Waals surface area (Å²) < 4.78 is 7.22. The highest BCUT2D eigenvalue weighted by Gasteiger charge is 2.54. The van der Waals surface area contributed by atoms with Crippen LogP contribution in [0.3, 0.4) is 0 Å². The van der Waals surface area contributed by atoms with Crippen molar-refractivity contribution in [3.63, 3.8) is 0 Å². The maximum atomic E-state index is 5.49. The number of hydrogen-bond donors (Lipinski definition) is 0. The van der Waals surface area contributed by atoms with Gasteiger partial charge in [-0.1, -0.05) is 140 Å². The zero-order valence-electron chi connectivity index (χ0n) is 35.7. The molecule has 1 aliphatic carbocycles. The van der Waals surface area contributed by atoms with E-state index in [0.717, 1.165) is 22.5 Å². The summed E-state index contributed by atoms with van der Waals surface area (Å²) in [7, 11) is 0. The van der Waals surface area contributed by atoms with Crippen LogP contribution in [-0.4, -0.2) is 18.7 Å². The minimum atomic E-state index is -0.561. The second-order valence-corrected chi connectivity index (χ2v) is 17.9. The lowest BCUT2D eigenvalue weighted by Crippen LogP contribution is -2.27. The minimum absolute atomic E-state index is 0.561. The van der Waals surface area contributed by atoms with Crippen LogP contribution in [0.1, 0.15) is 22.5 Å². The van der Waals surface area contributed by atoms with E-state index in [2.05, 4.69) is 244 Å². The molecule has 0 atom stereocenters. The van der Waals surface area contributed by atoms with Crippen molar-refractivity contribution in [3.8, 4) is 50.4 Å². The van der Waals surface area contributed by atoms with Crippen LogP contribution in [0.5, 0.6) is 0 Å². The van der Waals surface area contributed by atoms with E-state index in [0.29, 0.717) is 0 Å². The van der Waals surface area contributed by atoms with Crippen molar-refractivity contribution in [2.24, 2.45) is 0 Å². The average molecular weight is 839 g/mol. The van der Waals surface area contributed by atoms with Gasteiger partial charge >= 0.3 is 0 Å². The Bertz CT molecular complexity index is 4120. The monoisotopic (exact) mass is 838 g/mol. The molecule has 0 unspecified atom stereocenters. The number of imidazole rings is 1. The van der Waals surface area contributed by atoms with E-state index in [1.54, 1.807) is 0 Å². The van der Waals surface area contributed by atoms with Gasteiger partial charge in [0, 0.05) is 32.9 Å². The molecule has 2 aliphatic rings. The third kappa shape index (κ3) is 4.64. The number of hydrogen-bond acceptors (Lipinski definition) is 1. The highest BCUT2D eigenvalue weighted by Crippen LogP contribution is 2.61.